The third-order valence-corrected chi connectivity index (χ3v) is 2.73. The van der Waals surface area contributed by atoms with E-state index in [4.69, 9.17) is 0 Å². The molecule has 0 aromatic carbocycles. The van der Waals surface area contributed by atoms with Crippen LogP contribution in [0.3, 0.4) is 0 Å². The first-order valence-corrected chi connectivity index (χ1v) is 5.94. The first-order chi connectivity index (χ1) is 8.20. The van der Waals surface area contributed by atoms with Crippen LogP contribution < -0.4 is 5.32 Å². The van der Waals surface area contributed by atoms with Gasteiger partial charge >= 0.3 is 0 Å². The molecule has 0 unspecified atom stereocenters. The zero-order valence-electron chi connectivity index (χ0n) is 10.6. The summed E-state index contributed by atoms with van der Waals surface area (Å²) in [5.41, 5.74) is 1.04. The Hall–Kier alpha value is -1.78. The highest BCUT2D eigenvalue weighted by Gasteiger charge is 2.06. The highest BCUT2D eigenvalue weighted by Crippen LogP contribution is 2.09. The van der Waals surface area contributed by atoms with Gasteiger partial charge in [-0.3, -0.25) is 0 Å². The van der Waals surface area contributed by atoms with Gasteiger partial charge in [-0.2, -0.15) is 0 Å². The third-order valence-electron chi connectivity index (χ3n) is 2.73. The predicted octanol–water partition coefficient (Wildman–Crippen LogP) is 1.60. The van der Waals surface area contributed by atoms with Crippen molar-refractivity contribution in [3.8, 4) is 0 Å². The minimum atomic E-state index is 0.888. The van der Waals surface area contributed by atoms with E-state index in [-0.39, 0.29) is 0 Å². The van der Waals surface area contributed by atoms with Crippen LogP contribution in [-0.4, -0.2) is 25.6 Å². The molecule has 0 fully saturated rings. The van der Waals surface area contributed by atoms with Gasteiger partial charge in [0.25, 0.3) is 0 Å². The molecular weight excluding hydrogens is 214 g/mol. The van der Waals surface area contributed by atoms with E-state index in [0.29, 0.717) is 0 Å². The molecule has 5 nitrogen and oxygen atoms in total. The van der Waals surface area contributed by atoms with Gasteiger partial charge in [0.1, 0.15) is 5.82 Å². The second-order valence-electron chi connectivity index (χ2n) is 4.13. The van der Waals surface area contributed by atoms with Crippen molar-refractivity contribution in [1.82, 2.24) is 19.1 Å². The van der Waals surface area contributed by atoms with Gasteiger partial charge in [0, 0.05) is 45.1 Å². The molecule has 1 N–H and O–H groups in total. The van der Waals surface area contributed by atoms with Crippen LogP contribution in [0.4, 0.5) is 5.95 Å². The molecule has 2 rings (SSSR count). The summed E-state index contributed by atoms with van der Waals surface area (Å²) < 4.78 is 4.20. The van der Waals surface area contributed by atoms with Crippen LogP contribution in [-0.2, 0) is 20.0 Å². The number of anilines is 1. The lowest BCUT2D eigenvalue weighted by Gasteiger charge is -2.08. The molecule has 5 heteroatoms. The van der Waals surface area contributed by atoms with Crippen molar-refractivity contribution in [1.29, 1.82) is 0 Å². The molecule has 0 spiro atoms. The Labute approximate surface area is 102 Å². The van der Waals surface area contributed by atoms with Crippen LogP contribution >= 0.6 is 0 Å². The number of hydrogen-bond donors (Lipinski definition) is 1. The van der Waals surface area contributed by atoms with Gasteiger partial charge in [-0.1, -0.05) is 0 Å². The molecule has 17 heavy (non-hydrogen) atoms. The van der Waals surface area contributed by atoms with Gasteiger partial charge < -0.3 is 14.5 Å². The summed E-state index contributed by atoms with van der Waals surface area (Å²) in [6.07, 6.45) is 6.79. The molecule has 0 aliphatic rings. The maximum Gasteiger partial charge on any atom is 0.203 e. The lowest BCUT2D eigenvalue weighted by atomic mass is 10.4. The van der Waals surface area contributed by atoms with Crippen molar-refractivity contribution in [3.63, 3.8) is 0 Å². The topological polar surface area (TPSA) is 47.7 Å². The molecule has 0 atom stereocenters. The van der Waals surface area contributed by atoms with E-state index < -0.39 is 0 Å². The average molecular weight is 233 g/mol. The van der Waals surface area contributed by atoms with Crippen LogP contribution in [0, 0.1) is 6.92 Å². The summed E-state index contributed by atoms with van der Waals surface area (Å²) in [5.74, 6) is 2.04. The van der Waals surface area contributed by atoms with Crippen LogP contribution in [0.5, 0.6) is 0 Å². The van der Waals surface area contributed by atoms with Crippen LogP contribution in [0.15, 0.2) is 18.6 Å². The Kier molecular flexibility index (Phi) is 3.46. The Morgan fingerprint density at radius 3 is 2.88 bits per heavy atom. The molecular formula is C12H19N5. The van der Waals surface area contributed by atoms with Crippen LogP contribution in [0.25, 0.3) is 0 Å². The zero-order chi connectivity index (χ0) is 12.3. The number of nitrogens with one attached hydrogen (secondary N) is 1. The summed E-state index contributed by atoms with van der Waals surface area (Å²) in [5, 5.41) is 3.27. The summed E-state index contributed by atoms with van der Waals surface area (Å²) in [6, 6.07) is 0. The smallest absolute Gasteiger partial charge is 0.203 e. The molecule has 2 aromatic rings. The number of aryl methyl sites for hydroxylation is 4. The monoisotopic (exact) mass is 233 g/mol. The van der Waals surface area contributed by atoms with Crippen molar-refractivity contribution < 1.29 is 0 Å². The van der Waals surface area contributed by atoms with Gasteiger partial charge in [0.05, 0.1) is 5.69 Å². The van der Waals surface area contributed by atoms with Crippen LogP contribution in [0.2, 0.25) is 0 Å². The first kappa shape index (κ1) is 11.7. The highest BCUT2D eigenvalue weighted by molar-refractivity contribution is 5.28. The van der Waals surface area contributed by atoms with Gasteiger partial charge in [0.2, 0.25) is 5.95 Å². The number of imidazole rings is 2. The van der Waals surface area contributed by atoms with Crippen LogP contribution in [0.1, 0.15) is 18.4 Å². The molecule has 2 heterocycles. The van der Waals surface area contributed by atoms with E-state index >= 15 is 0 Å². The van der Waals surface area contributed by atoms with Gasteiger partial charge in [-0.15, -0.1) is 0 Å². The van der Waals surface area contributed by atoms with Gasteiger partial charge in [-0.05, 0) is 13.8 Å². The molecule has 0 bridgehead atoms. The molecule has 0 aliphatic heterocycles. The quantitative estimate of drug-likeness (QED) is 0.853. The summed E-state index contributed by atoms with van der Waals surface area (Å²) in [7, 11) is 2.02. The van der Waals surface area contributed by atoms with Crippen molar-refractivity contribution in [2.24, 2.45) is 7.05 Å². The summed E-state index contributed by atoms with van der Waals surface area (Å²) >= 11 is 0. The number of aromatic nitrogens is 4. The van der Waals surface area contributed by atoms with E-state index in [1.54, 1.807) is 0 Å². The third kappa shape index (κ3) is 2.67. The molecule has 0 radical (unpaired) electrons. The summed E-state index contributed by atoms with van der Waals surface area (Å²) in [4.78, 5) is 8.77. The van der Waals surface area contributed by atoms with E-state index in [0.717, 1.165) is 37.0 Å². The second kappa shape index (κ2) is 5.03. The molecule has 0 aliphatic carbocycles. The van der Waals surface area contributed by atoms with Crippen molar-refractivity contribution in [3.05, 3.63) is 30.1 Å². The Morgan fingerprint density at radius 2 is 2.24 bits per heavy atom. The minimum Gasteiger partial charge on any atom is -0.356 e. The largest absolute Gasteiger partial charge is 0.356 e. The number of rotatable bonds is 5. The fourth-order valence-electron chi connectivity index (χ4n) is 1.87. The summed E-state index contributed by atoms with van der Waals surface area (Å²) in [6.45, 7) is 5.87. The SMILES string of the molecule is CCNc1nc(C)cn1CCc1nccn1C. The molecule has 2 aromatic heterocycles. The van der Waals surface area contributed by atoms with E-state index in [1.165, 1.54) is 0 Å². The predicted molar refractivity (Wildman–Crippen MR) is 68.0 cm³/mol. The Morgan fingerprint density at radius 1 is 1.41 bits per heavy atom. The van der Waals surface area contributed by atoms with Crippen molar-refractivity contribution >= 4 is 5.95 Å². The van der Waals surface area contributed by atoms with E-state index in [1.807, 2.05) is 26.4 Å². The number of hydrogen-bond acceptors (Lipinski definition) is 3. The number of nitrogens with zero attached hydrogens (tertiary/aromatic N) is 4. The minimum absolute atomic E-state index is 0.888. The highest BCUT2D eigenvalue weighted by atomic mass is 15.2. The molecule has 92 valence electrons. The van der Waals surface area contributed by atoms with Crippen molar-refractivity contribution in [2.45, 2.75) is 26.8 Å². The Bertz CT molecular complexity index is 483. The second-order valence-corrected chi connectivity index (χ2v) is 4.13. The zero-order valence-corrected chi connectivity index (χ0v) is 10.6. The lowest BCUT2D eigenvalue weighted by Crippen LogP contribution is -2.09. The fourth-order valence-corrected chi connectivity index (χ4v) is 1.87. The van der Waals surface area contributed by atoms with E-state index in [9.17, 15) is 0 Å². The fraction of sp³-hybridized carbons (Fsp3) is 0.500. The maximum absolute atomic E-state index is 4.45. The molecule has 0 saturated heterocycles. The molecule has 0 amide bonds. The van der Waals surface area contributed by atoms with Gasteiger partial charge in [-0.25, -0.2) is 9.97 Å². The maximum atomic E-state index is 4.45. The van der Waals surface area contributed by atoms with Crippen molar-refractivity contribution in [2.75, 3.05) is 11.9 Å². The van der Waals surface area contributed by atoms with Gasteiger partial charge in [0.15, 0.2) is 0 Å². The average Bonchev–Trinajstić information content (AvgIpc) is 2.83. The standard InChI is InChI=1S/C12H19N5/c1-4-13-12-15-10(2)9-17(12)7-5-11-14-6-8-16(11)3/h6,8-9H,4-5,7H2,1-3H3,(H,13,15). The normalized spacial score (nSPS) is 10.8. The lowest BCUT2D eigenvalue weighted by molar-refractivity contribution is 0.653. The van der Waals surface area contributed by atoms with E-state index in [2.05, 4.69) is 37.5 Å². The molecule has 0 saturated carbocycles. The Balaban J connectivity index is 2.05. The first-order valence-electron chi connectivity index (χ1n) is 5.94.